The predicted octanol–water partition coefficient (Wildman–Crippen LogP) is 3.88. The van der Waals surface area contributed by atoms with E-state index in [1.807, 2.05) is 0 Å². The van der Waals surface area contributed by atoms with Gasteiger partial charge in [0, 0.05) is 56.1 Å². The van der Waals surface area contributed by atoms with E-state index in [1.165, 1.54) is 16.0 Å². The van der Waals surface area contributed by atoms with Crippen molar-refractivity contribution in [2.75, 3.05) is 26.7 Å². The first-order valence-corrected chi connectivity index (χ1v) is 11.4. The summed E-state index contributed by atoms with van der Waals surface area (Å²) in [5.41, 5.74) is 3.80. The lowest BCUT2D eigenvalue weighted by atomic mass is 9.76. The van der Waals surface area contributed by atoms with Crippen LogP contribution in [0, 0.1) is 11.3 Å². The van der Waals surface area contributed by atoms with Crippen molar-refractivity contribution in [2.45, 2.75) is 57.3 Å². The van der Waals surface area contributed by atoms with Crippen molar-refractivity contribution in [3.8, 4) is 5.75 Å². The molecule has 2 amide bonds. The number of fused-ring (bicyclic) bond motifs is 3. The van der Waals surface area contributed by atoms with E-state index >= 15 is 0 Å². The van der Waals surface area contributed by atoms with Gasteiger partial charge in [0.05, 0.1) is 7.11 Å². The van der Waals surface area contributed by atoms with Crippen LogP contribution in [-0.2, 0) is 16.0 Å². The molecule has 30 heavy (non-hydrogen) atoms. The molecule has 2 atom stereocenters. The first kappa shape index (κ1) is 19.7. The van der Waals surface area contributed by atoms with Gasteiger partial charge in [-0.1, -0.05) is 31.6 Å². The van der Waals surface area contributed by atoms with Crippen LogP contribution in [0.4, 0.5) is 0 Å². The van der Waals surface area contributed by atoms with Gasteiger partial charge >= 0.3 is 0 Å². The first-order chi connectivity index (χ1) is 14.5. The third-order valence-corrected chi connectivity index (χ3v) is 8.06. The Kier molecular flexibility index (Phi) is 4.87. The van der Waals surface area contributed by atoms with Gasteiger partial charge in [-0.15, -0.1) is 0 Å². The van der Waals surface area contributed by atoms with Crippen LogP contribution in [0.25, 0.3) is 0 Å². The summed E-state index contributed by atoms with van der Waals surface area (Å²) in [6.07, 6.45) is 7.24. The molecule has 5 heteroatoms. The molecule has 4 aliphatic rings. The Morgan fingerprint density at radius 2 is 1.90 bits per heavy atom. The maximum absolute atomic E-state index is 12.7. The maximum atomic E-state index is 12.7. The summed E-state index contributed by atoms with van der Waals surface area (Å²) in [4.78, 5) is 29.3. The minimum absolute atomic E-state index is 0.0258. The normalized spacial score (nSPS) is 27.0. The molecule has 1 aromatic carbocycles. The summed E-state index contributed by atoms with van der Waals surface area (Å²) >= 11 is 0. The molecule has 5 rings (SSSR count). The Morgan fingerprint density at radius 1 is 1.17 bits per heavy atom. The number of imide groups is 1. The van der Waals surface area contributed by atoms with Gasteiger partial charge in [-0.25, -0.2) is 0 Å². The van der Waals surface area contributed by atoms with Crippen LogP contribution >= 0.6 is 0 Å². The quantitative estimate of drug-likeness (QED) is 0.694. The minimum Gasteiger partial charge on any atom is -0.496 e. The summed E-state index contributed by atoms with van der Waals surface area (Å²) in [5.74, 6) is 2.12. The smallest absolute Gasteiger partial charge is 0.229 e. The molecule has 0 bridgehead atoms. The molecule has 0 N–H and O–H groups in total. The second-order valence-corrected chi connectivity index (χ2v) is 9.82. The van der Waals surface area contributed by atoms with Gasteiger partial charge in [0.2, 0.25) is 11.8 Å². The third kappa shape index (κ3) is 3.23. The van der Waals surface area contributed by atoms with Gasteiger partial charge in [0.15, 0.2) is 0 Å². The van der Waals surface area contributed by atoms with Crippen LogP contribution in [0.3, 0.4) is 0 Å². The zero-order valence-electron chi connectivity index (χ0n) is 18.0. The molecule has 0 unspecified atom stereocenters. The standard InChI is InChI=1S/C25H32N2O3/c1-17(8-11-27-22(28)13-25(14-23(27)29)9-3-4-10-25)26-15-19-12-18-6-5-7-21(30-2)24(18)20(19)16-26/h5-7,19-20H,1,3-4,8-16H2,2H3/t19-,20-/m0/s1. The van der Waals surface area contributed by atoms with Crippen molar-refractivity contribution in [1.82, 2.24) is 9.80 Å². The Morgan fingerprint density at radius 3 is 2.60 bits per heavy atom. The Labute approximate surface area is 179 Å². The summed E-state index contributed by atoms with van der Waals surface area (Å²) in [5, 5.41) is 0. The molecule has 2 heterocycles. The van der Waals surface area contributed by atoms with Gasteiger partial charge < -0.3 is 9.64 Å². The number of carbonyl (C=O) groups is 2. The maximum Gasteiger partial charge on any atom is 0.229 e. The van der Waals surface area contributed by atoms with Crippen molar-refractivity contribution in [1.29, 1.82) is 0 Å². The number of hydrogen-bond donors (Lipinski definition) is 0. The van der Waals surface area contributed by atoms with Crippen molar-refractivity contribution in [2.24, 2.45) is 11.3 Å². The van der Waals surface area contributed by atoms with Gasteiger partial charge in [0.25, 0.3) is 0 Å². The number of nitrogens with zero attached hydrogens (tertiary/aromatic N) is 2. The number of likely N-dealkylation sites (tertiary alicyclic amines) is 2. The average molecular weight is 409 g/mol. The van der Waals surface area contributed by atoms with Crippen LogP contribution in [0.2, 0.25) is 0 Å². The lowest BCUT2D eigenvalue weighted by Crippen LogP contribution is -2.47. The predicted molar refractivity (Wildman–Crippen MR) is 115 cm³/mol. The molecule has 2 aliphatic heterocycles. The molecule has 0 aromatic heterocycles. The number of piperidine rings is 1. The van der Waals surface area contributed by atoms with Gasteiger partial charge in [-0.3, -0.25) is 14.5 Å². The van der Waals surface area contributed by atoms with Crippen molar-refractivity contribution in [3.05, 3.63) is 41.6 Å². The zero-order valence-corrected chi connectivity index (χ0v) is 18.0. The van der Waals surface area contributed by atoms with Gasteiger partial charge in [0.1, 0.15) is 5.75 Å². The second kappa shape index (κ2) is 7.44. The summed E-state index contributed by atoms with van der Waals surface area (Å²) in [6, 6.07) is 6.36. The molecule has 2 aliphatic carbocycles. The van der Waals surface area contributed by atoms with Crippen LogP contribution in [0.5, 0.6) is 5.75 Å². The van der Waals surface area contributed by atoms with E-state index in [2.05, 4.69) is 29.7 Å². The van der Waals surface area contributed by atoms with E-state index < -0.39 is 0 Å². The summed E-state index contributed by atoms with van der Waals surface area (Å²) in [7, 11) is 1.75. The number of rotatable bonds is 5. The van der Waals surface area contributed by atoms with Crippen LogP contribution < -0.4 is 4.74 Å². The number of amides is 2. The fraction of sp³-hybridized carbons (Fsp3) is 0.600. The highest BCUT2D eigenvalue weighted by Gasteiger charge is 2.45. The SMILES string of the molecule is C=C(CCN1C(=O)CC2(CCCC2)CC1=O)N1C[C@@H]2Cc3cccc(OC)c3[C@H]2C1. The van der Waals surface area contributed by atoms with E-state index in [0.29, 0.717) is 37.6 Å². The summed E-state index contributed by atoms with van der Waals surface area (Å²) < 4.78 is 5.63. The minimum atomic E-state index is -0.0273. The number of benzene rings is 1. The molecular weight excluding hydrogens is 376 g/mol. The molecule has 1 spiro atoms. The van der Waals surface area contributed by atoms with Crippen molar-refractivity contribution < 1.29 is 14.3 Å². The van der Waals surface area contributed by atoms with Crippen LogP contribution in [-0.4, -0.2) is 48.4 Å². The van der Waals surface area contributed by atoms with E-state index in [9.17, 15) is 9.59 Å². The van der Waals surface area contributed by atoms with E-state index in [1.54, 1.807) is 7.11 Å². The Hall–Kier alpha value is -2.30. The van der Waals surface area contributed by atoms with Crippen LogP contribution in [0.1, 0.15) is 62.0 Å². The zero-order chi connectivity index (χ0) is 20.9. The third-order valence-electron chi connectivity index (χ3n) is 8.06. The van der Waals surface area contributed by atoms with Gasteiger partial charge in [-0.05, 0) is 42.2 Å². The largest absolute Gasteiger partial charge is 0.496 e. The first-order valence-electron chi connectivity index (χ1n) is 11.4. The molecule has 0 radical (unpaired) electrons. The van der Waals surface area contributed by atoms with E-state index in [-0.39, 0.29) is 17.2 Å². The highest BCUT2D eigenvalue weighted by molar-refractivity contribution is 5.98. The second-order valence-electron chi connectivity index (χ2n) is 9.82. The fourth-order valence-corrected chi connectivity index (χ4v) is 6.47. The Bertz CT molecular complexity index is 866. The van der Waals surface area contributed by atoms with Gasteiger partial charge in [-0.2, -0.15) is 0 Å². The molecule has 3 fully saturated rings. The molecule has 5 nitrogen and oxygen atoms in total. The lowest BCUT2D eigenvalue weighted by Gasteiger charge is -2.37. The topological polar surface area (TPSA) is 49.9 Å². The molecule has 160 valence electrons. The number of methoxy groups -OCH3 is 1. The molecule has 1 aromatic rings. The van der Waals surface area contributed by atoms with E-state index in [4.69, 9.17) is 4.74 Å². The number of ether oxygens (including phenoxy) is 1. The number of hydrogen-bond acceptors (Lipinski definition) is 4. The Balaban J connectivity index is 1.19. The highest BCUT2D eigenvalue weighted by atomic mass is 16.5. The monoisotopic (exact) mass is 408 g/mol. The molecule has 1 saturated carbocycles. The fourth-order valence-electron chi connectivity index (χ4n) is 6.47. The average Bonchev–Trinajstić information content (AvgIpc) is 3.41. The van der Waals surface area contributed by atoms with Crippen molar-refractivity contribution >= 4 is 11.8 Å². The highest BCUT2D eigenvalue weighted by Crippen LogP contribution is 2.48. The lowest BCUT2D eigenvalue weighted by molar-refractivity contribution is -0.153. The summed E-state index contributed by atoms with van der Waals surface area (Å²) in [6.45, 7) is 6.72. The van der Waals surface area contributed by atoms with Crippen LogP contribution in [0.15, 0.2) is 30.5 Å². The molecular formula is C25H32N2O3. The van der Waals surface area contributed by atoms with E-state index in [0.717, 1.165) is 56.6 Å². The van der Waals surface area contributed by atoms with Crippen molar-refractivity contribution in [3.63, 3.8) is 0 Å². The number of carbonyl (C=O) groups excluding carboxylic acids is 2. The molecule has 2 saturated heterocycles.